The molecule has 5 rings (SSSR count). The van der Waals surface area contributed by atoms with Gasteiger partial charge >= 0.3 is 5.97 Å². The van der Waals surface area contributed by atoms with Crippen LogP contribution in [0.3, 0.4) is 0 Å². The second kappa shape index (κ2) is 15.5. The third kappa shape index (κ3) is 8.71. The Morgan fingerprint density at radius 2 is 1.77 bits per heavy atom. The quantitative estimate of drug-likeness (QED) is 0.193. The van der Waals surface area contributed by atoms with E-state index < -0.39 is 29.4 Å². The lowest BCUT2D eigenvalue weighted by Crippen LogP contribution is -2.38. The van der Waals surface area contributed by atoms with E-state index in [2.05, 4.69) is 10.2 Å². The fraction of sp³-hybridized carbons (Fsp3) is 0.273. The van der Waals surface area contributed by atoms with Crippen molar-refractivity contribution in [3.63, 3.8) is 0 Å². The van der Waals surface area contributed by atoms with Crippen LogP contribution in [0.4, 0.5) is 14.5 Å². The van der Waals surface area contributed by atoms with Crippen LogP contribution in [-0.4, -0.2) is 90.1 Å². The van der Waals surface area contributed by atoms with Crippen LogP contribution < -0.4 is 14.8 Å². The third-order valence-corrected chi connectivity index (χ3v) is 8.80. The highest BCUT2D eigenvalue weighted by Crippen LogP contribution is 2.36. The van der Waals surface area contributed by atoms with Crippen LogP contribution in [-0.2, 0) is 14.3 Å². The summed E-state index contributed by atoms with van der Waals surface area (Å²) >= 11 is 6.53. The highest BCUT2D eigenvalue weighted by Gasteiger charge is 2.32. The van der Waals surface area contributed by atoms with Gasteiger partial charge in [-0.25, -0.2) is 13.6 Å². The van der Waals surface area contributed by atoms with Crippen LogP contribution in [0.5, 0.6) is 11.5 Å². The fourth-order valence-electron chi connectivity index (χ4n) is 4.99. The number of nitrogens with zero attached hydrogens (tertiary/aromatic N) is 2. The van der Waals surface area contributed by atoms with Gasteiger partial charge in [0.25, 0.3) is 5.91 Å². The number of ether oxygens (including phenoxy) is 3. The van der Waals surface area contributed by atoms with Gasteiger partial charge in [0.15, 0.2) is 0 Å². The average molecular weight is 684 g/mol. The number of carboxylic acids is 1. The number of anilines is 1. The summed E-state index contributed by atoms with van der Waals surface area (Å²) in [5, 5.41) is 11.9. The molecule has 0 saturated carbocycles. The predicted molar refractivity (Wildman–Crippen MR) is 178 cm³/mol. The molecule has 0 unspecified atom stereocenters. The molecule has 2 N–H and O–H groups in total. The van der Waals surface area contributed by atoms with Gasteiger partial charge < -0.3 is 24.6 Å². The van der Waals surface area contributed by atoms with E-state index in [1.807, 2.05) is 0 Å². The van der Waals surface area contributed by atoms with Crippen LogP contribution in [0.1, 0.15) is 22.3 Å². The smallest absolute Gasteiger partial charge is 0.335 e. The zero-order chi connectivity index (χ0) is 33.5. The zero-order valence-corrected chi connectivity index (χ0v) is 26.9. The summed E-state index contributed by atoms with van der Waals surface area (Å²) in [6.45, 7) is 3.93. The van der Waals surface area contributed by atoms with E-state index in [1.54, 1.807) is 24.3 Å². The lowest BCUT2D eigenvalue weighted by atomic mass is 10.0. The maximum atomic E-state index is 14.0. The molecule has 0 aromatic heterocycles. The van der Waals surface area contributed by atoms with E-state index in [-0.39, 0.29) is 34.3 Å². The Morgan fingerprint density at radius 1 is 1.02 bits per heavy atom. The number of carbonyl (C=O) groups excluding carboxylic acids is 2. The van der Waals surface area contributed by atoms with Gasteiger partial charge in [-0.1, -0.05) is 30.0 Å². The maximum Gasteiger partial charge on any atom is 0.335 e. The first-order chi connectivity index (χ1) is 22.6. The van der Waals surface area contributed by atoms with Crippen molar-refractivity contribution in [2.24, 2.45) is 0 Å². The molecule has 2 amide bonds. The maximum absolute atomic E-state index is 14.0. The van der Waals surface area contributed by atoms with E-state index >= 15 is 0 Å². The SMILES string of the molecule is COc1cc(C(=O)O)ccc1NC(=O)CCN1C(=O)C(=Cc2cc(-c3cc(F)cc(F)c3)ccc2OCCN2CCOCC2)SC1=S. The summed E-state index contributed by atoms with van der Waals surface area (Å²) < 4.78 is 45.0. The molecule has 3 aromatic carbocycles. The van der Waals surface area contributed by atoms with Gasteiger partial charge in [-0.3, -0.25) is 19.4 Å². The van der Waals surface area contributed by atoms with Gasteiger partial charge in [0.1, 0.15) is 34.1 Å². The topological polar surface area (TPSA) is 118 Å². The van der Waals surface area contributed by atoms with Crippen molar-refractivity contribution >= 4 is 57.8 Å². The first-order valence-corrected chi connectivity index (χ1v) is 15.8. The van der Waals surface area contributed by atoms with Crippen molar-refractivity contribution in [3.8, 4) is 22.6 Å². The molecule has 0 bridgehead atoms. The van der Waals surface area contributed by atoms with E-state index in [4.69, 9.17) is 26.4 Å². The van der Waals surface area contributed by atoms with Crippen LogP contribution in [0, 0.1) is 11.6 Å². The van der Waals surface area contributed by atoms with Crippen molar-refractivity contribution in [3.05, 3.63) is 82.3 Å². The first-order valence-electron chi connectivity index (χ1n) is 14.6. The summed E-state index contributed by atoms with van der Waals surface area (Å²) in [4.78, 5) is 41.3. The van der Waals surface area contributed by atoms with Gasteiger partial charge in [-0.2, -0.15) is 0 Å². The molecule has 2 aliphatic rings. The average Bonchev–Trinajstić information content (AvgIpc) is 3.31. The number of hydrogen-bond acceptors (Lipinski definition) is 9. The number of aromatic carboxylic acids is 1. The van der Waals surface area contributed by atoms with Gasteiger partial charge in [-0.15, -0.1) is 0 Å². The Labute approximate surface area is 279 Å². The number of benzene rings is 3. The highest BCUT2D eigenvalue weighted by molar-refractivity contribution is 8.26. The summed E-state index contributed by atoms with van der Waals surface area (Å²) in [7, 11) is 1.36. The second-order valence-electron chi connectivity index (χ2n) is 10.6. The van der Waals surface area contributed by atoms with E-state index in [0.29, 0.717) is 53.7 Å². The van der Waals surface area contributed by atoms with E-state index in [9.17, 15) is 28.3 Å². The van der Waals surface area contributed by atoms with Crippen molar-refractivity contribution in [1.29, 1.82) is 0 Å². The van der Waals surface area contributed by atoms with Crippen LogP contribution >= 0.6 is 24.0 Å². The summed E-state index contributed by atoms with van der Waals surface area (Å²) in [6, 6.07) is 12.4. The van der Waals surface area contributed by atoms with Crippen molar-refractivity contribution in [1.82, 2.24) is 9.80 Å². The monoisotopic (exact) mass is 683 g/mol. The molecule has 0 radical (unpaired) electrons. The number of amides is 2. The van der Waals surface area contributed by atoms with Crippen molar-refractivity contribution in [2.75, 3.05) is 58.4 Å². The molecule has 2 saturated heterocycles. The summed E-state index contributed by atoms with van der Waals surface area (Å²) in [6.07, 6.45) is 1.53. The molecule has 0 spiro atoms. The van der Waals surface area contributed by atoms with Gasteiger partial charge in [0.2, 0.25) is 5.91 Å². The van der Waals surface area contributed by atoms with E-state index in [1.165, 1.54) is 42.3 Å². The Bertz CT molecular complexity index is 1710. The Hall–Kier alpha value is -4.37. The Kier molecular flexibility index (Phi) is 11.2. The number of hydrogen-bond donors (Lipinski definition) is 2. The molecule has 246 valence electrons. The second-order valence-corrected chi connectivity index (χ2v) is 12.2. The van der Waals surface area contributed by atoms with Crippen LogP contribution in [0.15, 0.2) is 59.5 Å². The van der Waals surface area contributed by atoms with Crippen LogP contribution in [0.2, 0.25) is 0 Å². The van der Waals surface area contributed by atoms with E-state index in [0.717, 1.165) is 30.9 Å². The molecular weight excluding hydrogens is 653 g/mol. The molecule has 14 heteroatoms. The van der Waals surface area contributed by atoms with Gasteiger partial charge in [-0.05, 0) is 59.7 Å². The zero-order valence-electron chi connectivity index (χ0n) is 25.3. The summed E-state index contributed by atoms with van der Waals surface area (Å²) in [5.74, 6) is -2.75. The van der Waals surface area contributed by atoms with Crippen molar-refractivity contribution in [2.45, 2.75) is 6.42 Å². The lowest BCUT2D eigenvalue weighted by molar-refractivity contribution is -0.122. The number of halogens is 2. The molecule has 3 aromatic rings. The van der Waals surface area contributed by atoms with Gasteiger partial charge in [0, 0.05) is 44.2 Å². The number of carbonyl (C=O) groups is 3. The minimum Gasteiger partial charge on any atom is -0.495 e. The van der Waals surface area contributed by atoms with Crippen molar-refractivity contribution < 1.29 is 42.5 Å². The molecule has 2 heterocycles. The molecule has 10 nitrogen and oxygen atoms in total. The first kappa shape index (κ1) is 34.0. The van der Waals surface area contributed by atoms with Crippen LogP contribution in [0.25, 0.3) is 17.2 Å². The number of methoxy groups -OCH3 is 1. The number of carboxylic acid groups (broad SMARTS) is 1. The largest absolute Gasteiger partial charge is 0.495 e. The standard InChI is InChI=1S/C33H31F2N3O7S2/c1-43-28-17-21(32(41)42)2-4-26(28)36-30(39)6-7-38-31(40)29(47-33(38)46)18-23-14-20(22-15-24(34)19-25(35)16-22)3-5-27(23)45-13-10-37-8-11-44-12-9-37/h2-5,14-19H,6-13H2,1H3,(H,36,39)(H,41,42). The molecule has 0 aliphatic carbocycles. The summed E-state index contributed by atoms with van der Waals surface area (Å²) in [5.41, 5.74) is 1.65. The minimum atomic E-state index is -1.13. The third-order valence-electron chi connectivity index (χ3n) is 7.42. The Morgan fingerprint density at radius 3 is 2.47 bits per heavy atom. The predicted octanol–water partition coefficient (Wildman–Crippen LogP) is 5.28. The molecular formula is C33H31F2N3O7S2. The minimum absolute atomic E-state index is 0.00324. The molecule has 2 fully saturated rings. The molecule has 0 atom stereocenters. The molecule has 47 heavy (non-hydrogen) atoms. The number of rotatable bonds is 12. The van der Waals surface area contributed by atoms with Gasteiger partial charge in [0.05, 0.1) is 36.5 Å². The normalized spacial score (nSPS) is 16.1. The lowest BCUT2D eigenvalue weighted by Gasteiger charge is -2.26. The highest BCUT2D eigenvalue weighted by atomic mass is 32.2. The number of thiocarbonyl (C=S) groups is 1. The number of nitrogens with one attached hydrogen (secondary N) is 1. The fourth-order valence-corrected chi connectivity index (χ4v) is 6.29. The molecule has 2 aliphatic heterocycles. The number of morpholine rings is 1. The Balaban J connectivity index is 1.31. The number of thioether (sulfide) groups is 1.